The Labute approximate surface area is 175 Å². The van der Waals surface area contributed by atoms with Crippen LogP contribution >= 0.6 is 0 Å². The lowest BCUT2D eigenvalue weighted by molar-refractivity contribution is -0.151. The van der Waals surface area contributed by atoms with E-state index in [1.807, 2.05) is 12.1 Å². The fourth-order valence-electron chi connectivity index (χ4n) is 3.88. The zero-order chi connectivity index (χ0) is 21.8. The van der Waals surface area contributed by atoms with Crippen LogP contribution in [0.25, 0.3) is 10.9 Å². The van der Waals surface area contributed by atoms with Crippen molar-refractivity contribution in [2.45, 2.75) is 26.7 Å². The number of aromatic amines is 1. The van der Waals surface area contributed by atoms with Crippen molar-refractivity contribution in [3.63, 3.8) is 0 Å². The molecule has 2 heterocycles. The summed E-state index contributed by atoms with van der Waals surface area (Å²) in [4.78, 5) is 56.1. The third-order valence-corrected chi connectivity index (χ3v) is 5.43. The number of hydrogen-bond acceptors (Lipinski definition) is 5. The number of para-hydroxylation sites is 1. The number of esters is 1. The first-order valence-corrected chi connectivity index (χ1v) is 10.1. The Kier molecular flexibility index (Phi) is 6.54. The van der Waals surface area contributed by atoms with Gasteiger partial charge >= 0.3 is 5.97 Å². The van der Waals surface area contributed by atoms with Crippen LogP contribution in [0.3, 0.4) is 0 Å². The number of H-pyrrole nitrogens is 1. The van der Waals surface area contributed by atoms with E-state index >= 15 is 0 Å². The Morgan fingerprint density at radius 3 is 2.70 bits per heavy atom. The molecule has 1 saturated heterocycles. The molecule has 2 aromatic rings. The van der Waals surface area contributed by atoms with Gasteiger partial charge in [0.2, 0.25) is 5.91 Å². The molecule has 2 amide bonds. The largest absolute Gasteiger partial charge is 0.466 e. The van der Waals surface area contributed by atoms with Gasteiger partial charge in [0.15, 0.2) is 0 Å². The number of aryl methyl sites for hydroxylation is 1. The molecular formula is C22H27N3O5. The van der Waals surface area contributed by atoms with E-state index in [0.717, 1.165) is 10.4 Å². The number of aromatic nitrogens is 1. The van der Waals surface area contributed by atoms with Gasteiger partial charge in [0.25, 0.3) is 11.7 Å². The summed E-state index contributed by atoms with van der Waals surface area (Å²) in [5.74, 6) is -2.33. The molecule has 8 heteroatoms. The van der Waals surface area contributed by atoms with Crippen molar-refractivity contribution in [2.24, 2.45) is 5.92 Å². The number of amides is 2. The number of nitrogens with zero attached hydrogens (tertiary/aromatic N) is 2. The molecule has 0 saturated carbocycles. The second kappa shape index (κ2) is 9.11. The molecule has 30 heavy (non-hydrogen) atoms. The maximum atomic E-state index is 12.9. The zero-order valence-corrected chi connectivity index (χ0v) is 17.6. The molecule has 0 spiro atoms. The second-order valence-electron chi connectivity index (χ2n) is 7.59. The highest BCUT2D eigenvalue weighted by molar-refractivity contribution is 6.45. The van der Waals surface area contributed by atoms with Gasteiger partial charge in [0.1, 0.15) is 0 Å². The molecule has 3 rings (SSSR count). The number of benzene rings is 1. The Morgan fingerprint density at radius 2 is 1.97 bits per heavy atom. The number of likely N-dealkylation sites (tertiary alicyclic amines) is 1. The van der Waals surface area contributed by atoms with Gasteiger partial charge < -0.3 is 19.5 Å². The van der Waals surface area contributed by atoms with Gasteiger partial charge in [0, 0.05) is 36.7 Å². The summed E-state index contributed by atoms with van der Waals surface area (Å²) in [6.45, 7) is 4.37. The van der Waals surface area contributed by atoms with E-state index in [0.29, 0.717) is 42.6 Å². The zero-order valence-electron chi connectivity index (χ0n) is 17.6. The summed E-state index contributed by atoms with van der Waals surface area (Å²) < 4.78 is 5.06. The van der Waals surface area contributed by atoms with Crippen LogP contribution in [0.4, 0.5) is 0 Å². The number of nitrogens with one attached hydrogen (secondary N) is 1. The lowest BCUT2D eigenvalue weighted by Crippen LogP contribution is -2.48. The van der Waals surface area contributed by atoms with Crippen LogP contribution in [0, 0.1) is 12.8 Å². The average Bonchev–Trinajstić information content (AvgIpc) is 3.08. The number of ketones is 1. The van der Waals surface area contributed by atoms with Crippen LogP contribution in [0.15, 0.2) is 24.3 Å². The number of Topliss-reactive ketones (excluding diaryl/α,β-unsaturated/α-hetero) is 1. The smallest absolute Gasteiger partial charge is 0.310 e. The molecule has 0 bridgehead atoms. The minimum Gasteiger partial charge on any atom is -0.466 e. The molecule has 0 aliphatic carbocycles. The number of rotatable bonds is 6. The quantitative estimate of drug-likeness (QED) is 0.443. The van der Waals surface area contributed by atoms with Crippen molar-refractivity contribution in [1.82, 2.24) is 14.8 Å². The van der Waals surface area contributed by atoms with Crippen LogP contribution in [-0.4, -0.2) is 71.6 Å². The molecule has 160 valence electrons. The molecule has 0 radical (unpaired) electrons. The van der Waals surface area contributed by atoms with Crippen LogP contribution < -0.4 is 0 Å². The van der Waals surface area contributed by atoms with E-state index in [2.05, 4.69) is 4.98 Å². The van der Waals surface area contributed by atoms with Crippen LogP contribution in [-0.2, 0) is 19.1 Å². The molecular weight excluding hydrogens is 386 g/mol. The predicted octanol–water partition coefficient (Wildman–Crippen LogP) is 1.92. The number of fused-ring (bicyclic) bond motifs is 1. The molecule has 1 aromatic carbocycles. The average molecular weight is 413 g/mol. The highest BCUT2D eigenvalue weighted by Crippen LogP contribution is 2.23. The van der Waals surface area contributed by atoms with Crippen LogP contribution in [0.1, 0.15) is 35.8 Å². The molecule has 1 fully saturated rings. The van der Waals surface area contributed by atoms with E-state index in [4.69, 9.17) is 4.74 Å². The highest BCUT2D eigenvalue weighted by Gasteiger charge is 2.31. The topological polar surface area (TPSA) is 99.8 Å². The lowest BCUT2D eigenvalue weighted by atomic mass is 9.98. The summed E-state index contributed by atoms with van der Waals surface area (Å²) >= 11 is 0. The maximum absolute atomic E-state index is 12.9. The fourth-order valence-corrected chi connectivity index (χ4v) is 3.88. The number of carbonyl (C=O) groups excluding carboxylic acids is 4. The van der Waals surface area contributed by atoms with Crippen molar-refractivity contribution < 1.29 is 23.9 Å². The monoisotopic (exact) mass is 413 g/mol. The summed E-state index contributed by atoms with van der Waals surface area (Å²) in [7, 11) is 1.44. The number of likely N-dealkylation sites (N-methyl/N-ethyl adjacent to an activating group) is 1. The molecule has 1 aromatic heterocycles. The molecule has 1 aliphatic rings. The number of ether oxygens (including phenoxy) is 1. The van der Waals surface area contributed by atoms with E-state index < -0.39 is 11.7 Å². The van der Waals surface area contributed by atoms with Crippen LogP contribution in [0.2, 0.25) is 0 Å². The van der Waals surface area contributed by atoms with Gasteiger partial charge in [-0.3, -0.25) is 19.2 Å². The minimum atomic E-state index is -0.741. The lowest BCUT2D eigenvalue weighted by Gasteiger charge is -2.32. The van der Waals surface area contributed by atoms with Gasteiger partial charge in [-0.25, -0.2) is 0 Å². The molecule has 1 aliphatic heterocycles. The van der Waals surface area contributed by atoms with E-state index in [1.165, 1.54) is 7.05 Å². The standard InChI is InChI=1S/C22H27N3O5/c1-4-30-22(29)15-8-7-11-25(12-15)18(26)13-24(3)21(28)20(27)19-14(2)23-17-10-6-5-9-16(17)19/h5-6,9-10,15,23H,4,7-8,11-13H2,1-3H3. The first-order chi connectivity index (χ1) is 14.3. The van der Waals surface area contributed by atoms with Crippen molar-refractivity contribution in [3.8, 4) is 0 Å². The van der Waals surface area contributed by atoms with Crippen LogP contribution in [0.5, 0.6) is 0 Å². The van der Waals surface area contributed by atoms with Gasteiger partial charge in [-0.15, -0.1) is 0 Å². The third-order valence-electron chi connectivity index (χ3n) is 5.43. The van der Waals surface area contributed by atoms with Crippen molar-refractivity contribution >= 4 is 34.5 Å². The Balaban J connectivity index is 1.66. The number of carbonyl (C=O) groups is 4. The van der Waals surface area contributed by atoms with Gasteiger partial charge in [0.05, 0.1) is 24.6 Å². The SMILES string of the molecule is CCOC(=O)C1CCCN(C(=O)CN(C)C(=O)C(=O)c2c(C)[nH]c3ccccc23)C1. The minimum absolute atomic E-state index is 0.221. The number of piperidine rings is 1. The highest BCUT2D eigenvalue weighted by atomic mass is 16.5. The predicted molar refractivity (Wildman–Crippen MR) is 111 cm³/mol. The van der Waals surface area contributed by atoms with Crippen molar-refractivity contribution in [2.75, 3.05) is 33.3 Å². The number of hydrogen-bond donors (Lipinski definition) is 1. The van der Waals surface area contributed by atoms with Gasteiger partial charge in [-0.2, -0.15) is 0 Å². The van der Waals surface area contributed by atoms with Gasteiger partial charge in [-0.05, 0) is 32.8 Å². The summed E-state index contributed by atoms with van der Waals surface area (Å²) in [5, 5.41) is 0.682. The van der Waals surface area contributed by atoms with E-state index in [-0.39, 0.29) is 30.9 Å². The van der Waals surface area contributed by atoms with Crippen molar-refractivity contribution in [3.05, 3.63) is 35.5 Å². The van der Waals surface area contributed by atoms with E-state index in [9.17, 15) is 19.2 Å². The summed E-state index contributed by atoms with van der Waals surface area (Å²) in [6, 6.07) is 7.28. The maximum Gasteiger partial charge on any atom is 0.310 e. The van der Waals surface area contributed by atoms with Crippen molar-refractivity contribution in [1.29, 1.82) is 0 Å². The normalized spacial score (nSPS) is 16.4. The molecule has 1 atom stereocenters. The first-order valence-electron chi connectivity index (χ1n) is 10.1. The summed E-state index contributed by atoms with van der Waals surface area (Å²) in [5.41, 5.74) is 1.72. The molecule has 1 N–H and O–H groups in total. The third kappa shape index (κ3) is 4.37. The molecule has 1 unspecified atom stereocenters. The molecule has 8 nitrogen and oxygen atoms in total. The Hall–Kier alpha value is -3.16. The Morgan fingerprint density at radius 1 is 1.23 bits per heavy atom. The van der Waals surface area contributed by atoms with Gasteiger partial charge in [-0.1, -0.05) is 18.2 Å². The fraction of sp³-hybridized carbons (Fsp3) is 0.455. The summed E-state index contributed by atoms with van der Waals surface area (Å²) in [6.07, 6.45) is 1.37. The second-order valence-corrected chi connectivity index (χ2v) is 7.59. The Bertz CT molecular complexity index is 980. The first kappa shape index (κ1) is 21.5. The van der Waals surface area contributed by atoms with E-state index in [1.54, 1.807) is 30.9 Å².